The number of carbonyl (C=O) groups excluding carboxylic acids is 1. The Kier molecular flexibility index (Phi) is 4.03. The van der Waals surface area contributed by atoms with Crippen molar-refractivity contribution in [1.82, 2.24) is 14.5 Å². The number of carbonyl (C=O) groups is 1. The van der Waals surface area contributed by atoms with Crippen LogP contribution in [0.3, 0.4) is 0 Å². The molecule has 1 aliphatic heterocycles. The van der Waals surface area contributed by atoms with Gasteiger partial charge in [-0.1, -0.05) is 12.6 Å². The van der Waals surface area contributed by atoms with Gasteiger partial charge in [0.15, 0.2) is 5.69 Å². The predicted molar refractivity (Wildman–Crippen MR) is 95.4 cm³/mol. The first-order valence-electron chi connectivity index (χ1n) is 8.74. The molecule has 6 heteroatoms. The summed E-state index contributed by atoms with van der Waals surface area (Å²) in [4.78, 5) is 23.0. The lowest BCUT2D eigenvalue weighted by Gasteiger charge is -2.20. The molecule has 2 fully saturated rings. The number of fused-ring (bicyclic) bond motifs is 1. The van der Waals surface area contributed by atoms with Crippen LogP contribution in [-0.4, -0.2) is 40.2 Å². The van der Waals surface area contributed by atoms with Crippen LogP contribution < -0.4 is 4.90 Å². The maximum absolute atomic E-state index is 11.7. The molecule has 2 aliphatic rings. The molecule has 1 saturated carbocycles. The fourth-order valence-electron chi connectivity index (χ4n) is 3.52. The number of rotatable bonds is 6. The molecule has 1 aliphatic carbocycles. The molecule has 2 aromatic heterocycles. The molecule has 4 rings (SSSR count). The molecule has 25 heavy (non-hydrogen) atoms. The quantitative estimate of drug-likeness (QED) is 0.758. The van der Waals surface area contributed by atoms with Gasteiger partial charge in [-0.3, -0.25) is 0 Å². The number of esters is 1. The van der Waals surface area contributed by atoms with Gasteiger partial charge in [0.2, 0.25) is 0 Å². The molecule has 2 atom stereocenters. The minimum absolute atomic E-state index is 0.322. The highest BCUT2D eigenvalue weighted by Gasteiger charge is 2.45. The largest absolute Gasteiger partial charge is 0.461 e. The van der Waals surface area contributed by atoms with Crippen molar-refractivity contribution >= 4 is 17.9 Å². The third-order valence-electron chi connectivity index (χ3n) is 4.96. The molecular weight excluding hydrogens is 316 g/mol. The van der Waals surface area contributed by atoms with Crippen LogP contribution >= 0.6 is 0 Å². The van der Waals surface area contributed by atoms with E-state index in [-0.39, 0.29) is 0 Å². The second-order valence-corrected chi connectivity index (χ2v) is 6.73. The molecule has 130 valence electrons. The maximum atomic E-state index is 11.7. The van der Waals surface area contributed by atoms with Gasteiger partial charge in [0, 0.05) is 19.3 Å². The van der Waals surface area contributed by atoms with Gasteiger partial charge in [0.05, 0.1) is 25.2 Å². The Balaban J connectivity index is 1.50. The molecule has 0 aromatic carbocycles. The smallest absolute Gasteiger partial charge is 0.358 e. The highest BCUT2D eigenvalue weighted by molar-refractivity contribution is 5.86. The first kappa shape index (κ1) is 15.9. The van der Waals surface area contributed by atoms with Gasteiger partial charge in [0.1, 0.15) is 5.82 Å². The van der Waals surface area contributed by atoms with E-state index < -0.39 is 5.97 Å². The van der Waals surface area contributed by atoms with E-state index in [1.165, 1.54) is 6.42 Å². The van der Waals surface area contributed by atoms with E-state index in [0.29, 0.717) is 18.8 Å². The van der Waals surface area contributed by atoms with Gasteiger partial charge >= 0.3 is 5.97 Å². The van der Waals surface area contributed by atoms with Gasteiger partial charge in [-0.05, 0) is 42.9 Å². The summed E-state index contributed by atoms with van der Waals surface area (Å²) in [6.07, 6.45) is 6.51. The summed E-state index contributed by atoms with van der Waals surface area (Å²) in [5.41, 5.74) is 2.25. The molecule has 2 unspecified atom stereocenters. The van der Waals surface area contributed by atoms with Crippen LogP contribution in [0.1, 0.15) is 35.1 Å². The average molecular weight is 338 g/mol. The summed E-state index contributed by atoms with van der Waals surface area (Å²) in [6.45, 7) is 8.86. The molecular formula is C19H22N4O2. The Morgan fingerprint density at radius 2 is 2.20 bits per heavy atom. The molecule has 0 amide bonds. The lowest BCUT2D eigenvalue weighted by Crippen LogP contribution is -2.23. The minimum atomic E-state index is -0.397. The number of imidazole rings is 1. The topological polar surface area (TPSA) is 60.2 Å². The van der Waals surface area contributed by atoms with Crippen LogP contribution in [0.2, 0.25) is 0 Å². The summed E-state index contributed by atoms with van der Waals surface area (Å²) in [5.74, 6) is 2.39. The van der Waals surface area contributed by atoms with Crippen molar-refractivity contribution in [2.45, 2.75) is 19.9 Å². The van der Waals surface area contributed by atoms with E-state index >= 15 is 0 Å². The highest BCUT2D eigenvalue weighted by Crippen LogP contribution is 2.45. The predicted octanol–water partition coefficient (Wildman–Crippen LogP) is 2.60. The minimum Gasteiger partial charge on any atom is -0.461 e. The third-order valence-corrected chi connectivity index (χ3v) is 4.96. The zero-order valence-electron chi connectivity index (χ0n) is 14.4. The van der Waals surface area contributed by atoms with Crippen LogP contribution in [0.4, 0.5) is 5.82 Å². The van der Waals surface area contributed by atoms with Crippen LogP contribution in [-0.2, 0) is 11.3 Å². The first-order chi connectivity index (χ1) is 12.2. The number of aromatic nitrogens is 3. The summed E-state index contributed by atoms with van der Waals surface area (Å²) in [7, 11) is 0. The van der Waals surface area contributed by atoms with Gasteiger partial charge in [-0.15, -0.1) is 0 Å². The Morgan fingerprint density at radius 3 is 2.92 bits per heavy atom. The van der Waals surface area contributed by atoms with E-state index in [9.17, 15) is 4.79 Å². The molecule has 3 heterocycles. The Morgan fingerprint density at radius 1 is 1.40 bits per heavy atom. The van der Waals surface area contributed by atoms with Crippen LogP contribution in [0.15, 0.2) is 31.2 Å². The van der Waals surface area contributed by atoms with E-state index in [2.05, 4.69) is 28.6 Å². The van der Waals surface area contributed by atoms with Gasteiger partial charge in [-0.2, -0.15) is 0 Å². The normalized spacial score (nSPS) is 21.1. The lowest BCUT2D eigenvalue weighted by atomic mass is 10.2. The molecule has 0 N–H and O–H groups in total. The molecule has 2 aromatic rings. The lowest BCUT2D eigenvalue weighted by molar-refractivity contribution is 0.0520. The highest BCUT2D eigenvalue weighted by atomic mass is 16.5. The number of ether oxygens (including phenoxy) is 1. The van der Waals surface area contributed by atoms with Crippen molar-refractivity contribution in [3.05, 3.63) is 48.2 Å². The SMILES string of the molecule is C=Cc1nc(N2CC3CC3C2)ccc1Cn1cnc(C(=O)OCC)c1. The monoisotopic (exact) mass is 338 g/mol. The fraction of sp³-hybridized carbons (Fsp3) is 0.421. The van der Waals surface area contributed by atoms with Crippen molar-refractivity contribution in [3.63, 3.8) is 0 Å². The molecule has 0 spiro atoms. The number of hydrogen-bond donors (Lipinski definition) is 0. The Bertz CT molecular complexity index is 804. The number of anilines is 1. The van der Waals surface area contributed by atoms with E-state index in [1.807, 2.05) is 4.57 Å². The number of piperidine rings is 1. The van der Waals surface area contributed by atoms with Gasteiger partial charge < -0.3 is 14.2 Å². The molecule has 6 nitrogen and oxygen atoms in total. The first-order valence-corrected chi connectivity index (χ1v) is 8.74. The van der Waals surface area contributed by atoms with Gasteiger partial charge in [0.25, 0.3) is 0 Å². The van der Waals surface area contributed by atoms with Crippen molar-refractivity contribution in [2.24, 2.45) is 11.8 Å². The van der Waals surface area contributed by atoms with E-state index in [1.54, 1.807) is 25.5 Å². The van der Waals surface area contributed by atoms with Crippen LogP contribution in [0, 0.1) is 11.8 Å². The Labute approximate surface area is 147 Å². The number of pyridine rings is 1. The molecule has 0 radical (unpaired) electrons. The number of hydrogen-bond acceptors (Lipinski definition) is 5. The Hall–Kier alpha value is -2.63. The second kappa shape index (κ2) is 6.35. The van der Waals surface area contributed by atoms with Crippen molar-refractivity contribution in [1.29, 1.82) is 0 Å². The standard InChI is InChI=1S/C19H22N4O2/c1-3-16-13(8-22-11-17(20-12-22)19(24)25-4-2)5-6-18(21-16)23-9-14-7-15(14)10-23/h3,5-6,11-12,14-15H,1,4,7-10H2,2H3. The fourth-order valence-corrected chi connectivity index (χ4v) is 3.52. The molecule has 0 bridgehead atoms. The summed E-state index contributed by atoms with van der Waals surface area (Å²) in [5, 5.41) is 0. The van der Waals surface area contributed by atoms with E-state index in [4.69, 9.17) is 9.72 Å². The van der Waals surface area contributed by atoms with Crippen molar-refractivity contribution < 1.29 is 9.53 Å². The third kappa shape index (κ3) is 3.16. The van der Waals surface area contributed by atoms with Crippen molar-refractivity contribution in [3.8, 4) is 0 Å². The van der Waals surface area contributed by atoms with Gasteiger partial charge in [-0.25, -0.2) is 14.8 Å². The van der Waals surface area contributed by atoms with E-state index in [0.717, 1.165) is 42.0 Å². The zero-order valence-corrected chi connectivity index (χ0v) is 14.4. The zero-order chi connectivity index (χ0) is 17.4. The summed E-state index contributed by atoms with van der Waals surface area (Å²) >= 11 is 0. The second-order valence-electron chi connectivity index (χ2n) is 6.73. The van der Waals surface area contributed by atoms with Crippen LogP contribution in [0.5, 0.6) is 0 Å². The average Bonchev–Trinajstić information content (AvgIpc) is 3.02. The molecule has 1 saturated heterocycles. The number of nitrogens with zero attached hydrogens (tertiary/aromatic N) is 4. The van der Waals surface area contributed by atoms with Crippen molar-refractivity contribution in [2.75, 3.05) is 24.6 Å². The summed E-state index contributed by atoms with van der Waals surface area (Å²) in [6, 6.07) is 4.17. The summed E-state index contributed by atoms with van der Waals surface area (Å²) < 4.78 is 6.83. The maximum Gasteiger partial charge on any atom is 0.358 e. The van der Waals surface area contributed by atoms with Crippen LogP contribution in [0.25, 0.3) is 6.08 Å².